The van der Waals surface area contributed by atoms with E-state index in [0.717, 1.165) is 21.8 Å². The third-order valence-electron chi connectivity index (χ3n) is 4.09. The average molecular weight is 366 g/mol. The van der Waals surface area contributed by atoms with Crippen molar-refractivity contribution in [2.24, 2.45) is 0 Å². The van der Waals surface area contributed by atoms with Crippen molar-refractivity contribution in [1.29, 1.82) is 0 Å². The van der Waals surface area contributed by atoms with E-state index in [4.69, 9.17) is 9.47 Å². The Labute approximate surface area is 150 Å². The molecule has 0 saturated carbocycles. The number of hydrogen-bond acceptors (Lipinski definition) is 7. The van der Waals surface area contributed by atoms with Crippen molar-refractivity contribution in [3.8, 4) is 34.1 Å². The minimum atomic E-state index is -0.416. The van der Waals surface area contributed by atoms with E-state index in [2.05, 4.69) is 10.1 Å². The molecule has 0 saturated heterocycles. The maximum Gasteiger partial charge on any atom is 0.269 e. The summed E-state index contributed by atoms with van der Waals surface area (Å²) in [6.07, 6.45) is 0. The first kappa shape index (κ1) is 14.8. The smallest absolute Gasteiger partial charge is 0.269 e. The van der Waals surface area contributed by atoms with Gasteiger partial charge in [-0.3, -0.25) is 10.1 Å². The van der Waals surface area contributed by atoms with E-state index in [9.17, 15) is 10.1 Å². The molecule has 0 atom stereocenters. The van der Waals surface area contributed by atoms with Crippen molar-refractivity contribution in [2.75, 3.05) is 6.79 Å². The molecule has 4 aromatic rings. The maximum atomic E-state index is 10.8. The molecule has 0 N–H and O–H groups in total. The molecular weight excluding hydrogens is 356 g/mol. The molecule has 3 heterocycles. The van der Waals surface area contributed by atoms with Gasteiger partial charge in [-0.05, 0) is 30.3 Å². The van der Waals surface area contributed by atoms with Gasteiger partial charge in [-0.15, -0.1) is 16.4 Å². The van der Waals surface area contributed by atoms with Crippen LogP contribution in [-0.2, 0) is 0 Å². The van der Waals surface area contributed by atoms with E-state index in [1.807, 2.05) is 23.6 Å². The van der Waals surface area contributed by atoms with Crippen LogP contribution in [0.2, 0.25) is 0 Å². The van der Waals surface area contributed by atoms with E-state index < -0.39 is 4.92 Å². The number of benzene rings is 2. The molecule has 1 aliphatic heterocycles. The first-order chi connectivity index (χ1) is 12.7. The van der Waals surface area contributed by atoms with Crippen LogP contribution in [0.1, 0.15) is 0 Å². The number of nitro benzene ring substituents is 1. The van der Waals surface area contributed by atoms with Gasteiger partial charge in [0.2, 0.25) is 11.8 Å². The molecule has 8 nitrogen and oxygen atoms in total. The summed E-state index contributed by atoms with van der Waals surface area (Å²) < 4.78 is 12.5. The van der Waals surface area contributed by atoms with Crippen LogP contribution in [0.15, 0.2) is 47.8 Å². The summed E-state index contributed by atoms with van der Waals surface area (Å²) in [5, 5.41) is 17.3. The zero-order valence-electron chi connectivity index (χ0n) is 13.2. The fourth-order valence-electron chi connectivity index (χ4n) is 2.79. The molecule has 128 valence electrons. The van der Waals surface area contributed by atoms with Gasteiger partial charge in [0, 0.05) is 28.6 Å². The second-order valence-corrected chi connectivity index (χ2v) is 6.46. The number of nitro groups is 1. The van der Waals surface area contributed by atoms with E-state index in [0.29, 0.717) is 17.3 Å². The average Bonchev–Trinajstić information content (AvgIpc) is 3.36. The molecular formula is C17H10N4O4S. The molecule has 0 spiro atoms. The van der Waals surface area contributed by atoms with Gasteiger partial charge in [0.25, 0.3) is 5.69 Å². The summed E-state index contributed by atoms with van der Waals surface area (Å²) in [4.78, 5) is 15.7. The van der Waals surface area contributed by atoms with Crippen molar-refractivity contribution in [2.45, 2.75) is 0 Å². The number of nitrogens with zero attached hydrogens (tertiary/aromatic N) is 4. The third kappa shape index (κ3) is 2.29. The van der Waals surface area contributed by atoms with Crippen molar-refractivity contribution >= 4 is 22.0 Å². The topological polar surface area (TPSA) is 91.8 Å². The minimum absolute atomic E-state index is 0.0554. The van der Waals surface area contributed by atoms with E-state index >= 15 is 0 Å². The van der Waals surface area contributed by atoms with Crippen molar-refractivity contribution in [1.82, 2.24) is 14.6 Å². The molecule has 0 bridgehead atoms. The molecule has 2 aromatic heterocycles. The quantitative estimate of drug-likeness (QED) is 0.405. The molecule has 1 aliphatic rings. The lowest BCUT2D eigenvalue weighted by Gasteiger charge is -2.00. The Hall–Kier alpha value is -3.46. The molecule has 26 heavy (non-hydrogen) atoms. The van der Waals surface area contributed by atoms with Crippen LogP contribution >= 0.6 is 11.3 Å². The van der Waals surface area contributed by atoms with Crippen LogP contribution < -0.4 is 9.47 Å². The van der Waals surface area contributed by atoms with Gasteiger partial charge in [-0.2, -0.15) is 4.98 Å². The molecule has 0 fully saturated rings. The minimum Gasteiger partial charge on any atom is -0.454 e. The Morgan fingerprint density at radius 3 is 2.65 bits per heavy atom. The number of rotatable bonds is 3. The van der Waals surface area contributed by atoms with Crippen LogP contribution in [0.25, 0.3) is 27.6 Å². The number of fused-ring (bicyclic) bond motifs is 2. The standard InChI is InChI=1S/C17H10N4O4S/c22-21(23)12-4-1-10(2-5-12)13-8-26-17-18-16(19-20(13)17)11-3-6-14-15(7-11)25-9-24-14/h1-8H,9H2. The van der Waals surface area contributed by atoms with Gasteiger partial charge in [-0.25, -0.2) is 4.52 Å². The Bertz CT molecular complexity index is 1150. The lowest BCUT2D eigenvalue weighted by molar-refractivity contribution is -0.384. The lowest BCUT2D eigenvalue weighted by Crippen LogP contribution is -1.92. The second-order valence-electron chi connectivity index (χ2n) is 5.62. The Morgan fingerprint density at radius 1 is 1.08 bits per heavy atom. The number of non-ortho nitro benzene ring substituents is 1. The number of ether oxygens (including phenoxy) is 2. The third-order valence-corrected chi connectivity index (χ3v) is 4.90. The Kier molecular flexibility index (Phi) is 3.16. The highest BCUT2D eigenvalue weighted by molar-refractivity contribution is 7.15. The van der Waals surface area contributed by atoms with Gasteiger partial charge in [-0.1, -0.05) is 0 Å². The maximum absolute atomic E-state index is 10.8. The molecule has 5 rings (SSSR count). The van der Waals surface area contributed by atoms with Crippen LogP contribution in [0.5, 0.6) is 11.5 Å². The second kappa shape index (κ2) is 5.53. The van der Waals surface area contributed by atoms with Crippen LogP contribution in [0.4, 0.5) is 5.69 Å². The fourth-order valence-corrected chi connectivity index (χ4v) is 3.62. The lowest BCUT2D eigenvalue weighted by atomic mass is 10.1. The Balaban J connectivity index is 1.56. The van der Waals surface area contributed by atoms with Crippen LogP contribution in [0.3, 0.4) is 0 Å². The molecule has 0 aliphatic carbocycles. The highest BCUT2D eigenvalue weighted by Crippen LogP contribution is 2.36. The SMILES string of the molecule is O=[N+]([O-])c1ccc(-c2csc3nc(-c4ccc5c(c4)OCO5)nn23)cc1. The molecule has 0 unspecified atom stereocenters. The Morgan fingerprint density at radius 2 is 1.85 bits per heavy atom. The molecule has 0 amide bonds. The summed E-state index contributed by atoms with van der Waals surface area (Å²) in [6.45, 7) is 0.217. The highest BCUT2D eigenvalue weighted by atomic mass is 32.1. The van der Waals surface area contributed by atoms with Gasteiger partial charge in [0.05, 0.1) is 10.6 Å². The van der Waals surface area contributed by atoms with Crippen LogP contribution in [0, 0.1) is 10.1 Å². The first-order valence-corrected chi connectivity index (χ1v) is 8.56. The summed E-state index contributed by atoms with van der Waals surface area (Å²) in [7, 11) is 0. The predicted molar refractivity (Wildman–Crippen MR) is 94.5 cm³/mol. The molecule has 9 heteroatoms. The van der Waals surface area contributed by atoms with Crippen molar-refractivity contribution in [3.63, 3.8) is 0 Å². The van der Waals surface area contributed by atoms with E-state index in [-0.39, 0.29) is 12.5 Å². The molecule has 2 aromatic carbocycles. The van der Waals surface area contributed by atoms with Gasteiger partial charge >= 0.3 is 0 Å². The monoisotopic (exact) mass is 366 g/mol. The summed E-state index contributed by atoms with van der Waals surface area (Å²) in [5.41, 5.74) is 2.56. The zero-order valence-corrected chi connectivity index (χ0v) is 14.0. The van der Waals surface area contributed by atoms with Gasteiger partial charge < -0.3 is 9.47 Å². The van der Waals surface area contributed by atoms with Gasteiger partial charge in [0.15, 0.2) is 17.3 Å². The summed E-state index contributed by atoms with van der Waals surface area (Å²) >= 11 is 1.46. The van der Waals surface area contributed by atoms with Crippen LogP contribution in [-0.4, -0.2) is 26.3 Å². The number of thiazole rings is 1. The summed E-state index contributed by atoms with van der Waals surface area (Å²) in [5.74, 6) is 1.97. The first-order valence-electron chi connectivity index (χ1n) is 7.68. The number of aromatic nitrogens is 3. The van der Waals surface area contributed by atoms with Crippen molar-refractivity contribution < 1.29 is 14.4 Å². The van der Waals surface area contributed by atoms with Crippen molar-refractivity contribution in [3.05, 3.63) is 58.0 Å². The molecule has 0 radical (unpaired) electrons. The fraction of sp³-hybridized carbons (Fsp3) is 0.0588. The highest BCUT2D eigenvalue weighted by Gasteiger charge is 2.18. The van der Waals surface area contributed by atoms with E-state index in [1.165, 1.54) is 23.5 Å². The predicted octanol–water partition coefficient (Wildman–Crippen LogP) is 3.76. The largest absolute Gasteiger partial charge is 0.454 e. The van der Waals surface area contributed by atoms with E-state index in [1.54, 1.807) is 16.6 Å². The number of hydrogen-bond donors (Lipinski definition) is 0. The normalized spacial score (nSPS) is 12.6. The zero-order chi connectivity index (χ0) is 17.7. The summed E-state index contributed by atoms with van der Waals surface area (Å²) in [6, 6.07) is 12.0. The van der Waals surface area contributed by atoms with Gasteiger partial charge in [0.1, 0.15) is 0 Å².